The second-order valence-electron chi connectivity index (χ2n) is 9.68. The van der Waals surface area contributed by atoms with E-state index in [2.05, 4.69) is 48.7 Å². The number of hydrogen-bond donors (Lipinski definition) is 0. The molecule has 0 saturated carbocycles. The van der Waals surface area contributed by atoms with Gasteiger partial charge in [-0.2, -0.15) is 0 Å². The number of aryl methyl sites for hydroxylation is 1. The van der Waals surface area contributed by atoms with E-state index >= 15 is 0 Å². The smallest absolute Gasteiger partial charge is 0.254 e. The normalized spacial score (nSPS) is 14.0. The molecule has 2 heterocycles. The number of amides is 2. The van der Waals surface area contributed by atoms with Gasteiger partial charge in [0.25, 0.3) is 5.91 Å². The maximum Gasteiger partial charge on any atom is 0.254 e. The summed E-state index contributed by atoms with van der Waals surface area (Å²) in [6.07, 6.45) is 3.77. The summed E-state index contributed by atoms with van der Waals surface area (Å²) < 4.78 is 7.48. The van der Waals surface area contributed by atoms with Gasteiger partial charge < -0.3 is 14.2 Å². The van der Waals surface area contributed by atoms with Gasteiger partial charge in [-0.1, -0.05) is 61.4 Å². The van der Waals surface area contributed by atoms with Crippen molar-refractivity contribution in [2.75, 3.05) is 25.1 Å². The minimum atomic E-state index is -0.312. The molecule has 0 aliphatic carbocycles. The number of fused-ring (bicyclic) bond motifs is 3. The van der Waals surface area contributed by atoms with Gasteiger partial charge in [-0.3, -0.25) is 14.5 Å². The van der Waals surface area contributed by atoms with Crippen molar-refractivity contribution in [1.82, 2.24) is 9.47 Å². The summed E-state index contributed by atoms with van der Waals surface area (Å²) >= 11 is 0. The second kappa shape index (κ2) is 11.0. The zero-order valence-corrected chi connectivity index (χ0v) is 22.1. The molecule has 38 heavy (non-hydrogen) atoms. The van der Waals surface area contributed by atoms with Crippen molar-refractivity contribution in [2.24, 2.45) is 0 Å². The van der Waals surface area contributed by atoms with Crippen molar-refractivity contribution >= 4 is 17.5 Å². The standard InChI is InChI=1S/C32H33N3O3/c1-4-5-19-33(32(37)25-10-8-11-26(21-25)38-3)22-30(36)35-28-13-7-6-12-27(28)34-20-9-14-29(34)31(35)24-17-15-23(2)16-18-24/h6-18,20-21,31H,4-5,19,22H2,1-3H3/t31-/m0/s1. The lowest BCUT2D eigenvalue weighted by atomic mass is 9.97. The number of carbonyl (C=O) groups is 2. The number of hydrogen-bond acceptors (Lipinski definition) is 3. The molecule has 3 aromatic carbocycles. The van der Waals surface area contributed by atoms with E-state index in [-0.39, 0.29) is 24.4 Å². The Hall–Kier alpha value is -4.32. The average Bonchev–Trinajstić information content (AvgIpc) is 3.45. The van der Waals surface area contributed by atoms with Crippen LogP contribution in [0.1, 0.15) is 53.0 Å². The van der Waals surface area contributed by atoms with Crippen LogP contribution < -0.4 is 9.64 Å². The third kappa shape index (κ3) is 4.82. The highest BCUT2D eigenvalue weighted by Crippen LogP contribution is 2.42. The third-order valence-electron chi connectivity index (χ3n) is 7.09. The highest BCUT2D eigenvalue weighted by atomic mass is 16.5. The summed E-state index contributed by atoms with van der Waals surface area (Å²) in [5, 5.41) is 0. The molecular weight excluding hydrogens is 474 g/mol. The van der Waals surface area contributed by atoms with Crippen molar-refractivity contribution in [3.05, 3.63) is 114 Å². The molecular formula is C32H33N3O3. The molecule has 0 saturated heterocycles. The molecule has 1 aromatic heterocycles. The number of para-hydroxylation sites is 2. The molecule has 4 aromatic rings. The van der Waals surface area contributed by atoms with Gasteiger partial charge in [0.2, 0.25) is 5.91 Å². The van der Waals surface area contributed by atoms with Crippen LogP contribution in [0.3, 0.4) is 0 Å². The minimum Gasteiger partial charge on any atom is -0.497 e. The van der Waals surface area contributed by atoms with E-state index in [1.807, 2.05) is 47.5 Å². The molecule has 6 heteroatoms. The summed E-state index contributed by atoms with van der Waals surface area (Å²) in [6.45, 7) is 4.62. The molecule has 0 radical (unpaired) electrons. The van der Waals surface area contributed by atoms with Crippen LogP contribution >= 0.6 is 0 Å². The van der Waals surface area contributed by atoms with E-state index < -0.39 is 0 Å². The summed E-state index contributed by atoms with van der Waals surface area (Å²) in [5.74, 6) is 0.317. The van der Waals surface area contributed by atoms with Crippen LogP contribution in [-0.2, 0) is 4.79 Å². The van der Waals surface area contributed by atoms with E-state index in [9.17, 15) is 9.59 Å². The van der Waals surface area contributed by atoms with Crippen LogP contribution in [0.2, 0.25) is 0 Å². The molecule has 0 spiro atoms. The van der Waals surface area contributed by atoms with Crippen molar-refractivity contribution in [3.8, 4) is 11.4 Å². The molecule has 6 nitrogen and oxygen atoms in total. The number of benzene rings is 3. The molecule has 5 rings (SSSR count). The van der Waals surface area contributed by atoms with Gasteiger partial charge in [0.05, 0.1) is 24.2 Å². The number of carbonyl (C=O) groups excluding carboxylic acids is 2. The number of nitrogens with zero attached hydrogens (tertiary/aromatic N) is 3. The summed E-state index contributed by atoms with van der Waals surface area (Å²) in [7, 11) is 1.58. The maximum atomic E-state index is 14.3. The lowest BCUT2D eigenvalue weighted by molar-refractivity contribution is -0.119. The van der Waals surface area contributed by atoms with Gasteiger partial charge >= 0.3 is 0 Å². The largest absolute Gasteiger partial charge is 0.497 e. The molecule has 0 N–H and O–H groups in total. The predicted molar refractivity (Wildman–Crippen MR) is 150 cm³/mol. The SMILES string of the molecule is CCCCN(CC(=O)N1c2ccccc2-n2cccc2[C@@H]1c1ccc(C)cc1)C(=O)c1cccc(OC)c1. The van der Waals surface area contributed by atoms with Crippen LogP contribution in [0.25, 0.3) is 5.69 Å². The maximum absolute atomic E-state index is 14.3. The fraction of sp³-hybridized carbons (Fsp3) is 0.250. The van der Waals surface area contributed by atoms with E-state index in [0.717, 1.165) is 41.0 Å². The van der Waals surface area contributed by atoms with Crippen LogP contribution in [-0.4, -0.2) is 41.5 Å². The minimum absolute atomic E-state index is 0.0204. The second-order valence-corrected chi connectivity index (χ2v) is 9.68. The zero-order chi connectivity index (χ0) is 26.6. The van der Waals surface area contributed by atoms with Gasteiger partial charge in [-0.15, -0.1) is 0 Å². The third-order valence-corrected chi connectivity index (χ3v) is 7.09. The molecule has 194 valence electrons. The Bertz CT molecular complexity index is 1440. The molecule has 2 amide bonds. The Morgan fingerprint density at radius 1 is 0.921 bits per heavy atom. The summed E-state index contributed by atoms with van der Waals surface area (Å²) in [4.78, 5) is 31.4. The van der Waals surface area contributed by atoms with Crippen molar-refractivity contribution < 1.29 is 14.3 Å². The molecule has 1 aliphatic rings. The van der Waals surface area contributed by atoms with Crippen LogP contribution in [0.5, 0.6) is 5.75 Å². The first-order valence-electron chi connectivity index (χ1n) is 13.1. The Morgan fingerprint density at radius 3 is 2.42 bits per heavy atom. The fourth-order valence-electron chi connectivity index (χ4n) is 5.11. The lowest BCUT2D eigenvalue weighted by Crippen LogP contribution is -2.47. The Balaban J connectivity index is 1.54. The topological polar surface area (TPSA) is 54.8 Å². The Kier molecular flexibility index (Phi) is 7.31. The van der Waals surface area contributed by atoms with Gasteiger partial charge in [0.1, 0.15) is 18.3 Å². The van der Waals surface area contributed by atoms with E-state index in [4.69, 9.17) is 4.74 Å². The van der Waals surface area contributed by atoms with Crippen molar-refractivity contribution in [3.63, 3.8) is 0 Å². The quantitative estimate of drug-likeness (QED) is 0.286. The Labute approximate surface area is 224 Å². The predicted octanol–water partition coefficient (Wildman–Crippen LogP) is 6.17. The molecule has 0 bridgehead atoms. The highest BCUT2D eigenvalue weighted by Gasteiger charge is 2.37. The van der Waals surface area contributed by atoms with Crippen LogP contribution in [0.4, 0.5) is 5.69 Å². The number of aromatic nitrogens is 1. The molecule has 1 aliphatic heterocycles. The average molecular weight is 508 g/mol. The first-order chi connectivity index (χ1) is 18.5. The number of unbranched alkanes of at least 4 members (excludes halogenated alkanes) is 1. The fourth-order valence-corrected chi connectivity index (χ4v) is 5.11. The van der Waals surface area contributed by atoms with Crippen LogP contribution in [0.15, 0.2) is 91.1 Å². The Morgan fingerprint density at radius 2 is 1.68 bits per heavy atom. The monoisotopic (exact) mass is 507 g/mol. The summed E-state index contributed by atoms with van der Waals surface area (Å²) in [5.41, 5.74) is 5.49. The van der Waals surface area contributed by atoms with Gasteiger partial charge in [-0.05, 0) is 61.4 Å². The number of anilines is 1. The molecule has 0 unspecified atom stereocenters. The number of ether oxygens (including phenoxy) is 1. The van der Waals surface area contributed by atoms with E-state index in [1.54, 1.807) is 30.2 Å². The van der Waals surface area contributed by atoms with E-state index in [1.165, 1.54) is 0 Å². The first-order valence-corrected chi connectivity index (χ1v) is 13.1. The highest BCUT2D eigenvalue weighted by molar-refractivity contribution is 6.02. The first kappa shape index (κ1) is 25.3. The van der Waals surface area contributed by atoms with Gasteiger partial charge in [-0.25, -0.2) is 0 Å². The van der Waals surface area contributed by atoms with Crippen molar-refractivity contribution in [2.45, 2.75) is 32.7 Å². The van der Waals surface area contributed by atoms with Gasteiger partial charge in [0, 0.05) is 18.3 Å². The van der Waals surface area contributed by atoms with Crippen LogP contribution in [0, 0.1) is 6.92 Å². The van der Waals surface area contributed by atoms with E-state index in [0.29, 0.717) is 17.9 Å². The number of rotatable bonds is 8. The number of methoxy groups -OCH3 is 1. The lowest BCUT2D eigenvalue weighted by Gasteiger charge is -2.39. The molecule has 0 fully saturated rings. The molecule has 1 atom stereocenters. The zero-order valence-electron chi connectivity index (χ0n) is 22.1. The summed E-state index contributed by atoms with van der Waals surface area (Å²) in [6, 6.07) is 27.1. The van der Waals surface area contributed by atoms with Gasteiger partial charge in [0.15, 0.2) is 0 Å². The van der Waals surface area contributed by atoms with Crippen molar-refractivity contribution in [1.29, 1.82) is 0 Å².